The number of halogens is 1. The molecular formula is C12H9FN2O2. The Balaban J connectivity index is 2.63. The van der Waals surface area contributed by atoms with Crippen LogP contribution in [0.15, 0.2) is 36.5 Å². The first-order chi connectivity index (χ1) is 8.09. The molecule has 0 radical (unpaired) electrons. The first-order valence-corrected chi connectivity index (χ1v) is 4.95. The van der Waals surface area contributed by atoms with Gasteiger partial charge in [-0.25, -0.2) is 9.37 Å². The topological polar surface area (TPSA) is 56.0 Å². The molecule has 17 heavy (non-hydrogen) atoms. The third kappa shape index (κ3) is 2.13. The monoisotopic (exact) mass is 232 g/mol. The van der Waals surface area contributed by atoms with Gasteiger partial charge in [-0.3, -0.25) is 10.1 Å². The Hall–Kier alpha value is -2.30. The summed E-state index contributed by atoms with van der Waals surface area (Å²) in [5, 5.41) is 11.0. The van der Waals surface area contributed by atoms with Gasteiger partial charge in [-0.2, -0.15) is 0 Å². The fourth-order valence-electron chi connectivity index (χ4n) is 1.60. The van der Waals surface area contributed by atoms with E-state index in [0.29, 0.717) is 11.1 Å². The number of nitro groups is 1. The number of hydrogen-bond acceptors (Lipinski definition) is 3. The number of hydrogen-bond donors (Lipinski definition) is 0. The lowest BCUT2D eigenvalue weighted by Gasteiger charge is -2.04. The van der Waals surface area contributed by atoms with Gasteiger partial charge >= 0.3 is 0 Å². The highest BCUT2D eigenvalue weighted by molar-refractivity contribution is 5.71. The second-order valence-electron chi connectivity index (χ2n) is 3.59. The Morgan fingerprint density at radius 2 is 1.88 bits per heavy atom. The lowest BCUT2D eigenvalue weighted by Crippen LogP contribution is -1.97. The average molecular weight is 232 g/mol. The van der Waals surface area contributed by atoms with E-state index < -0.39 is 4.92 Å². The lowest BCUT2D eigenvalue weighted by atomic mass is 10.1. The van der Waals surface area contributed by atoms with Gasteiger partial charge in [-0.1, -0.05) is 0 Å². The Bertz CT molecular complexity index is 567. The summed E-state index contributed by atoms with van der Waals surface area (Å²) in [5.74, 6) is -0.385. The van der Waals surface area contributed by atoms with Gasteiger partial charge in [-0.15, -0.1) is 0 Å². The predicted molar refractivity (Wildman–Crippen MR) is 61.0 cm³/mol. The van der Waals surface area contributed by atoms with Gasteiger partial charge in [0.1, 0.15) is 11.5 Å². The molecule has 0 atom stereocenters. The van der Waals surface area contributed by atoms with Gasteiger partial charge in [0.05, 0.1) is 4.92 Å². The SMILES string of the molecule is Cc1ccnc(-c2ccc(F)cc2)c1[N+](=O)[O-]. The summed E-state index contributed by atoms with van der Waals surface area (Å²) >= 11 is 0. The predicted octanol–water partition coefficient (Wildman–Crippen LogP) is 3.10. The first kappa shape index (κ1) is 11.2. The Morgan fingerprint density at radius 3 is 2.47 bits per heavy atom. The van der Waals surface area contributed by atoms with Gasteiger partial charge in [0.15, 0.2) is 0 Å². The zero-order valence-electron chi connectivity index (χ0n) is 9.05. The summed E-state index contributed by atoms with van der Waals surface area (Å²) in [6, 6.07) is 7.03. The largest absolute Gasteiger partial charge is 0.298 e. The van der Waals surface area contributed by atoms with Crippen molar-refractivity contribution in [2.24, 2.45) is 0 Å². The first-order valence-electron chi connectivity index (χ1n) is 4.95. The van der Waals surface area contributed by atoms with Crippen LogP contribution < -0.4 is 0 Å². The van der Waals surface area contributed by atoms with E-state index in [2.05, 4.69) is 4.98 Å². The highest BCUT2D eigenvalue weighted by atomic mass is 19.1. The lowest BCUT2D eigenvalue weighted by molar-refractivity contribution is -0.384. The normalized spacial score (nSPS) is 10.2. The van der Waals surface area contributed by atoms with Crippen LogP contribution in [0.3, 0.4) is 0 Å². The molecule has 0 N–H and O–H groups in total. The second kappa shape index (κ2) is 4.29. The molecule has 1 heterocycles. The Morgan fingerprint density at radius 1 is 1.24 bits per heavy atom. The Labute approximate surface area is 96.9 Å². The Kier molecular flexibility index (Phi) is 2.82. The fraction of sp³-hybridized carbons (Fsp3) is 0.0833. The molecule has 0 aliphatic heterocycles. The van der Waals surface area contributed by atoms with Gasteiger partial charge in [0.2, 0.25) is 0 Å². The summed E-state index contributed by atoms with van der Waals surface area (Å²) in [4.78, 5) is 14.5. The van der Waals surface area contributed by atoms with Crippen LogP contribution in [0.1, 0.15) is 5.56 Å². The molecule has 0 bridgehead atoms. The molecule has 4 nitrogen and oxygen atoms in total. The van der Waals surface area contributed by atoms with Crippen LogP contribution >= 0.6 is 0 Å². The second-order valence-corrected chi connectivity index (χ2v) is 3.59. The van der Waals surface area contributed by atoms with E-state index in [4.69, 9.17) is 0 Å². The van der Waals surface area contributed by atoms with Crippen molar-refractivity contribution in [3.63, 3.8) is 0 Å². The molecule has 5 heteroatoms. The van der Waals surface area contributed by atoms with Crippen LogP contribution in [0.5, 0.6) is 0 Å². The van der Waals surface area contributed by atoms with Crippen molar-refractivity contribution >= 4 is 5.69 Å². The average Bonchev–Trinajstić information content (AvgIpc) is 2.29. The van der Waals surface area contributed by atoms with Crippen molar-refractivity contribution in [1.29, 1.82) is 0 Å². The molecule has 1 aromatic heterocycles. The molecule has 0 spiro atoms. The molecule has 1 aromatic carbocycles. The van der Waals surface area contributed by atoms with Gasteiger partial charge < -0.3 is 0 Å². The summed E-state index contributed by atoms with van der Waals surface area (Å²) in [7, 11) is 0. The van der Waals surface area contributed by atoms with Gasteiger partial charge in [-0.05, 0) is 37.3 Å². The van der Waals surface area contributed by atoms with Crippen molar-refractivity contribution in [3.8, 4) is 11.3 Å². The van der Waals surface area contributed by atoms with Crippen LogP contribution in [-0.2, 0) is 0 Å². The van der Waals surface area contributed by atoms with E-state index in [0.717, 1.165) is 0 Å². The molecular weight excluding hydrogens is 223 g/mol. The van der Waals surface area contributed by atoms with Crippen LogP contribution in [0, 0.1) is 22.9 Å². The molecule has 2 aromatic rings. The van der Waals surface area contributed by atoms with Crippen LogP contribution in [0.4, 0.5) is 10.1 Å². The van der Waals surface area contributed by atoms with E-state index in [1.807, 2.05) is 0 Å². The zero-order valence-corrected chi connectivity index (χ0v) is 9.05. The summed E-state index contributed by atoms with van der Waals surface area (Å²) in [6.45, 7) is 1.65. The molecule has 0 saturated heterocycles. The highest BCUT2D eigenvalue weighted by Crippen LogP contribution is 2.30. The highest BCUT2D eigenvalue weighted by Gasteiger charge is 2.19. The molecule has 0 fully saturated rings. The molecule has 0 saturated carbocycles. The van der Waals surface area contributed by atoms with Crippen LogP contribution in [-0.4, -0.2) is 9.91 Å². The van der Waals surface area contributed by atoms with Crippen molar-refractivity contribution in [1.82, 2.24) is 4.98 Å². The maximum Gasteiger partial charge on any atom is 0.298 e. The minimum atomic E-state index is -0.471. The number of pyridine rings is 1. The number of rotatable bonds is 2. The summed E-state index contributed by atoms with van der Waals surface area (Å²) in [6.07, 6.45) is 1.50. The molecule has 86 valence electrons. The summed E-state index contributed by atoms with van der Waals surface area (Å²) in [5.41, 5.74) is 1.28. The maximum absolute atomic E-state index is 12.8. The van der Waals surface area contributed by atoms with Crippen LogP contribution in [0.2, 0.25) is 0 Å². The summed E-state index contributed by atoms with van der Waals surface area (Å²) < 4.78 is 12.8. The fourth-order valence-corrected chi connectivity index (χ4v) is 1.60. The van der Waals surface area contributed by atoms with E-state index in [1.54, 1.807) is 13.0 Å². The van der Waals surface area contributed by atoms with Crippen LogP contribution in [0.25, 0.3) is 11.3 Å². The number of aryl methyl sites for hydroxylation is 1. The van der Waals surface area contributed by atoms with Gasteiger partial charge in [0, 0.05) is 17.3 Å². The van der Waals surface area contributed by atoms with E-state index in [-0.39, 0.29) is 17.2 Å². The third-order valence-electron chi connectivity index (χ3n) is 2.43. The molecule has 2 rings (SSSR count). The van der Waals surface area contributed by atoms with E-state index >= 15 is 0 Å². The van der Waals surface area contributed by atoms with E-state index in [1.165, 1.54) is 30.5 Å². The van der Waals surface area contributed by atoms with E-state index in [9.17, 15) is 14.5 Å². The molecule has 0 amide bonds. The quantitative estimate of drug-likeness (QED) is 0.590. The smallest absolute Gasteiger partial charge is 0.258 e. The maximum atomic E-state index is 12.8. The number of benzene rings is 1. The minimum absolute atomic E-state index is 0.0425. The molecule has 0 unspecified atom stereocenters. The molecule has 0 aliphatic rings. The minimum Gasteiger partial charge on any atom is -0.258 e. The number of nitrogens with zero attached hydrogens (tertiary/aromatic N) is 2. The third-order valence-corrected chi connectivity index (χ3v) is 2.43. The number of aromatic nitrogens is 1. The standard InChI is InChI=1S/C12H9FN2O2/c1-8-6-7-14-11(12(8)15(16)17)9-2-4-10(13)5-3-9/h2-7H,1H3. The van der Waals surface area contributed by atoms with Crippen molar-refractivity contribution < 1.29 is 9.31 Å². The van der Waals surface area contributed by atoms with Crippen molar-refractivity contribution in [2.75, 3.05) is 0 Å². The van der Waals surface area contributed by atoms with Gasteiger partial charge in [0.25, 0.3) is 5.69 Å². The van der Waals surface area contributed by atoms with Crippen molar-refractivity contribution in [2.45, 2.75) is 6.92 Å². The zero-order chi connectivity index (χ0) is 12.4. The van der Waals surface area contributed by atoms with Crippen molar-refractivity contribution in [3.05, 3.63) is 58.0 Å². The molecule has 0 aliphatic carbocycles.